The van der Waals surface area contributed by atoms with Crippen LogP contribution in [0.4, 0.5) is 10.1 Å². The van der Waals surface area contributed by atoms with Crippen molar-refractivity contribution in [3.8, 4) is 11.6 Å². The van der Waals surface area contributed by atoms with E-state index in [0.717, 1.165) is 48.1 Å². The van der Waals surface area contributed by atoms with E-state index in [1.165, 1.54) is 34.3 Å². The summed E-state index contributed by atoms with van der Waals surface area (Å²) in [6, 6.07) is 14.4. The molecule has 0 saturated carbocycles. The molecule has 160 valence electrons. The Morgan fingerprint density at radius 1 is 1.03 bits per heavy atom. The third-order valence-corrected chi connectivity index (χ3v) is 6.78. The second-order valence-corrected chi connectivity index (χ2v) is 8.43. The quantitative estimate of drug-likeness (QED) is 0.513. The van der Waals surface area contributed by atoms with Gasteiger partial charge < -0.3 is 14.7 Å². The van der Waals surface area contributed by atoms with Crippen LogP contribution in [0, 0.1) is 5.82 Å². The Hall–Kier alpha value is -3.17. The lowest BCUT2D eigenvalue weighted by molar-refractivity contribution is 0.211. The minimum Gasteiger partial charge on any atom is -0.497 e. The number of thiazole rings is 1. The van der Waals surface area contributed by atoms with Crippen molar-refractivity contribution in [2.45, 2.75) is 6.04 Å². The zero-order valence-electron chi connectivity index (χ0n) is 17.0. The van der Waals surface area contributed by atoms with Crippen LogP contribution in [-0.2, 0) is 0 Å². The van der Waals surface area contributed by atoms with Gasteiger partial charge in [0.05, 0.1) is 18.0 Å². The number of piperazine rings is 1. The SMILES string of the molecule is COc1ccc(N2CCN(C(c3ccc(F)cc3)c3sc4ncnn4c3O)CC2)cc1. The summed E-state index contributed by atoms with van der Waals surface area (Å²) in [6.45, 7) is 3.26. The summed E-state index contributed by atoms with van der Waals surface area (Å²) in [7, 11) is 1.66. The number of fused-ring (bicyclic) bond motifs is 1. The van der Waals surface area contributed by atoms with E-state index in [0.29, 0.717) is 4.96 Å². The number of halogens is 1. The summed E-state index contributed by atoms with van der Waals surface area (Å²) in [5.74, 6) is 0.647. The highest BCUT2D eigenvalue weighted by molar-refractivity contribution is 7.17. The second kappa shape index (κ2) is 8.16. The highest BCUT2D eigenvalue weighted by atomic mass is 32.1. The van der Waals surface area contributed by atoms with E-state index in [1.807, 2.05) is 12.1 Å². The van der Waals surface area contributed by atoms with Crippen molar-refractivity contribution < 1.29 is 14.2 Å². The first kappa shape index (κ1) is 19.8. The van der Waals surface area contributed by atoms with Crippen LogP contribution >= 0.6 is 11.3 Å². The second-order valence-electron chi connectivity index (χ2n) is 7.42. The Balaban J connectivity index is 1.42. The number of benzene rings is 2. The maximum Gasteiger partial charge on any atom is 0.230 e. The molecular formula is C22H22FN5O2S. The molecule has 0 bridgehead atoms. The van der Waals surface area contributed by atoms with E-state index < -0.39 is 0 Å². The fourth-order valence-corrected chi connectivity index (χ4v) is 5.17. The minimum absolute atomic E-state index is 0.0874. The van der Waals surface area contributed by atoms with Gasteiger partial charge in [-0.2, -0.15) is 9.61 Å². The Morgan fingerprint density at radius 3 is 2.39 bits per heavy atom. The zero-order valence-corrected chi connectivity index (χ0v) is 17.8. The monoisotopic (exact) mass is 439 g/mol. The smallest absolute Gasteiger partial charge is 0.230 e. The number of aromatic nitrogens is 3. The van der Waals surface area contributed by atoms with Gasteiger partial charge in [-0.15, -0.1) is 0 Å². The van der Waals surface area contributed by atoms with Crippen LogP contribution in [0.25, 0.3) is 4.96 Å². The zero-order chi connectivity index (χ0) is 21.4. The fourth-order valence-electron chi connectivity index (χ4n) is 4.08. The Morgan fingerprint density at radius 2 is 1.74 bits per heavy atom. The molecule has 31 heavy (non-hydrogen) atoms. The topological polar surface area (TPSA) is 66.1 Å². The van der Waals surface area contributed by atoms with Crippen molar-refractivity contribution >= 4 is 22.0 Å². The van der Waals surface area contributed by atoms with E-state index >= 15 is 0 Å². The molecule has 2 aromatic heterocycles. The molecule has 1 saturated heterocycles. The highest BCUT2D eigenvalue weighted by Gasteiger charge is 2.31. The maximum atomic E-state index is 13.6. The average molecular weight is 440 g/mol. The summed E-state index contributed by atoms with van der Waals surface area (Å²) in [4.78, 5) is 10.3. The lowest BCUT2D eigenvalue weighted by Gasteiger charge is -2.40. The van der Waals surface area contributed by atoms with Gasteiger partial charge in [-0.3, -0.25) is 4.90 Å². The molecule has 1 aliphatic rings. The predicted octanol–water partition coefficient (Wildman–Crippen LogP) is 3.56. The number of rotatable bonds is 5. The fraction of sp³-hybridized carbons (Fsp3) is 0.273. The number of aromatic hydroxyl groups is 1. The molecule has 4 aromatic rings. The average Bonchev–Trinajstić information content (AvgIpc) is 3.39. The number of hydrogen-bond acceptors (Lipinski definition) is 7. The van der Waals surface area contributed by atoms with Crippen molar-refractivity contribution in [2.24, 2.45) is 0 Å². The first-order valence-corrected chi connectivity index (χ1v) is 10.9. The molecule has 0 amide bonds. The Labute approximate surface area is 182 Å². The molecule has 0 radical (unpaired) electrons. The summed E-state index contributed by atoms with van der Waals surface area (Å²) >= 11 is 1.41. The molecule has 3 heterocycles. The summed E-state index contributed by atoms with van der Waals surface area (Å²) < 4.78 is 20.3. The van der Waals surface area contributed by atoms with Crippen molar-refractivity contribution in [2.75, 3.05) is 38.2 Å². The molecule has 1 fully saturated rings. The molecular weight excluding hydrogens is 417 g/mol. The van der Waals surface area contributed by atoms with Gasteiger partial charge in [0.2, 0.25) is 10.8 Å². The van der Waals surface area contributed by atoms with Gasteiger partial charge in [0.25, 0.3) is 0 Å². The number of ether oxygens (including phenoxy) is 1. The van der Waals surface area contributed by atoms with Crippen LogP contribution in [0.2, 0.25) is 0 Å². The normalized spacial score (nSPS) is 16.0. The maximum absolute atomic E-state index is 13.6. The molecule has 1 unspecified atom stereocenters. The van der Waals surface area contributed by atoms with Crippen LogP contribution < -0.4 is 9.64 Å². The standard InChI is InChI=1S/C22H22FN5O2S/c1-30-18-8-6-17(7-9-18)26-10-12-27(13-11-26)19(15-2-4-16(23)5-3-15)20-21(29)28-22(31-20)24-14-25-28/h2-9,14,19,29H,10-13H2,1H3. The van der Waals surface area contributed by atoms with Crippen molar-refractivity contribution in [3.05, 3.63) is 71.1 Å². The summed E-state index contributed by atoms with van der Waals surface area (Å²) in [5, 5.41) is 14.9. The summed E-state index contributed by atoms with van der Waals surface area (Å²) in [5.41, 5.74) is 2.08. The minimum atomic E-state index is -0.279. The van der Waals surface area contributed by atoms with Gasteiger partial charge in [-0.05, 0) is 42.0 Å². The molecule has 1 atom stereocenters. The molecule has 7 nitrogen and oxygen atoms in total. The van der Waals surface area contributed by atoms with Gasteiger partial charge in [-0.25, -0.2) is 9.37 Å². The van der Waals surface area contributed by atoms with Crippen LogP contribution in [0.5, 0.6) is 11.6 Å². The van der Waals surface area contributed by atoms with E-state index in [2.05, 4.69) is 32.0 Å². The van der Waals surface area contributed by atoms with Crippen LogP contribution in [-0.4, -0.2) is 57.9 Å². The van der Waals surface area contributed by atoms with E-state index in [1.54, 1.807) is 19.2 Å². The molecule has 1 N–H and O–H groups in total. The van der Waals surface area contributed by atoms with Gasteiger partial charge in [0.1, 0.15) is 17.9 Å². The number of nitrogens with zero attached hydrogens (tertiary/aromatic N) is 5. The molecule has 0 aliphatic carbocycles. The van der Waals surface area contributed by atoms with Crippen molar-refractivity contribution in [1.82, 2.24) is 19.5 Å². The van der Waals surface area contributed by atoms with E-state index in [4.69, 9.17) is 4.74 Å². The van der Waals surface area contributed by atoms with E-state index in [-0.39, 0.29) is 17.7 Å². The Bertz CT molecular complexity index is 1170. The predicted molar refractivity (Wildman–Crippen MR) is 118 cm³/mol. The van der Waals surface area contributed by atoms with E-state index in [9.17, 15) is 9.50 Å². The van der Waals surface area contributed by atoms with Crippen LogP contribution in [0.3, 0.4) is 0 Å². The number of hydrogen-bond donors (Lipinski definition) is 1. The van der Waals surface area contributed by atoms with Gasteiger partial charge in [-0.1, -0.05) is 23.5 Å². The van der Waals surface area contributed by atoms with Gasteiger partial charge in [0.15, 0.2) is 0 Å². The molecule has 5 rings (SSSR count). The van der Waals surface area contributed by atoms with Crippen molar-refractivity contribution in [1.29, 1.82) is 0 Å². The molecule has 9 heteroatoms. The van der Waals surface area contributed by atoms with Gasteiger partial charge >= 0.3 is 0 Å². The summed E-state index contributed by atoms with van der Waals surface area (Å²) in [6.07, 6.45) is 1.43. The lowest BCUT2D eigenvalue weighted by Crippen LogP contribution is -2.47. The molecule has 0 spiro atoms. The highest BCUT2D eigenvalue weighted by Crippen LogP contribution is 2.40. The van der Waals surface area contributed by atoms with Crippen LogP contribution in [0.1, 0.15) is 16.5 Å². The molecule has 2 aromatic carbocycles. The first-order valence-electron chi connectivity index (χ1n) is 10.0. The number of anilines is 1. The number of methoxy groups -OCH3 is 1. The first-order chi connectivity index (χ1) is 15.1. The third-order valence-electron chi connectivity index (χ3n) is 5.69. The lowest BCUT2D eigenvalue weighted by atomic mass is 10.0. The van der Waals surface area contributed by atoms with Gasteiger partial charge in [0, 0.05) is 31.9 Å². The van der Waals surface area contributed by atoms with Crippen molar-refractivity contribution in [3.63, 3.8) is 0 Å². The third kappa shape index (κ3) is 3.70. The molecule has 1 aliphatic heterocycles. The Kier molecular flexibility index (Phi) is 5.21. The van der Waals surface area contributed by atoms with Crippen LogP contribution in [0.15, 0.2) is 54.9 Å². The largest absolute Gasteiger partial charge is 0.497 e.